The molecule has 4 rings (SSSR count). The minimum Gasteiger partial charge on any atom is -0.366 e. The molecule has 1 heteroatoms. The molecule has 1 nitrogen and oxygen atoms in total. The van der Waals surface area contributed by atoms with Crippen molar-refractivity contribution in [1.82, 2.24) is 0 Å². The van der Waals surface area contributed by atoms with Crippen LogP contribution >= 0.6 is 0 Å². The van der Waals surface area contributed by atoms with E-state index >= 15 is 0 Å². The Labute approximate surface area is 68.1 Å². The molecule has 1 heterocycles. The van der Waals surface area contributed by atoms with E-state index in [-0.39, 0.29) is 0 Å². The number of ether oxygens (including phenoxy) is 1. The van der Waals surface area contributed by atoms with Gasteiger partial charge in [0.05, 0.1) is 11.7 Å². The van der Waals surface area contributed by atoms with Crippen LogP contribution in [0.5, 0.6) is 0 Å². The predicted molar refractivity (Wildman–Crippen MR) is 43.3 cm³/mol. The van der Waals surface area contributed by atoms with E-state index in [1.807, 2.05) is 0 Å². The monoisotopic (exact) mass is 152 g/mol. The van der Waals surface area contributed by atoms with Gasteiger partial charge in [0, 0.05) is 0 Å². The van der Waals surface area contributed by atoms with Gasteiger partial charge in [0.1, 0.15) is 0 Å². The Hall–Kier alpha value is -0.0400. The topological polar surface area (TPSA) is 12.5 Å². The van der Waals surface area contributed by atoms with Gasteiger partial charge in [-0.2, -0.15) is 0 Å². The van der Waals surface area contributed by atoms with Crippen LogP contribution in [0.3, 0.4) is 0 Å². The zero-order valence-corrected chi connectivity index (χ0v) is 7.55. The molecule has 1 saturated heterocycles. The molecule has 1 unspecified atom stereocenters. The molecule has 0 radical (unpaired) electrons. The first kappa shape index (κ1) is 6.47. The van der Waals surface area contributed by atoms with Crippen LogP contribution in [-0.2, 0) is 4.74 Å². The quantitative estimate of drug-likeness (QED) is 0.485. The van der Waals surface area contributed by atoms with Gasteiger partial charge in [-0.1, -0.05) is 13.8 Å². The second kappa shape index (κ2) is 1.39. The Morgan fingerprint density at radius 3 is 2.36 bits per heavy atom. The highest BCUT2D eigenvalue weighted by Crippen LogP contribution is 2.70. The third-order valence-corrected chi connectivity index (χ3v) is 4.64. The van der Waals surface area contributed by atoms with Crippen LogP contribution in [0.25, 0.3) is 0 Å². The van der Waals surface area contributed by atoms with Crippen LogP contribution in [0.4, 0.5) is 0 Å². The zero-order valence-electron chi connectivity index (χ0n) is 7.55. The minimum atomic E-state index is 0.304. The highest BCUT2D eigenvalue weighted by Gasteiger charge is 2.72. The predicted octanol–water partition coefficient (Wildman–Crippen LogP) is 2.21. The fourth-order valence-corrected chi connectivity index (χ4v) is 3.51. The molecule has 1 aliphatic heterocycles. The zero-order chi connectivity index (χ0) is 7.85. The third kappa shape index (κ3) is 0.516. The van der Waals surface area contributed by atoms with Crippen molar-refractivity contribution < 1.29 is 4.74 Å². The van der Waals surface area contributed by atoms with Gasteiger partial charge in [-0.05, 0) is 37.0 Å². The molecule has 4 aliphatic rings. The normalized spacial score (nSPS) is 63.0. The standard InChI is InChI=1S/C10H16O/c1-9(2)6-4-7(9)10(3)8(5-6)11-10/h6-8H,4-5H2,1-3H3/t6-,7+,8+,10?/m0/s1. The molecule has 0 spiro atoms. The lowest BCUT2D eigenvalue weighted by atomic mass is 9.46. The van der Waals surface area contributed by atoms with E-state index in [0.717, 1.165) is 11.8 Å². The molecule has 4 atom stereocenters. The molecule has 0 aromatic heterocycles. The molecule has 0 aromatic rings. The highest BCUT2D eigenvalue weighted by atomic mass is 16.6. The summed E-state index contributed by atoms with van der Waals surface area (Å²) in [5.74, 6) is 1.83. The Bertz CT molecular complexity index is 216. The summed E-state index contributed by atoms with van der Waals surface area (Å²) in [6.45, 7) is 7.13. The van der Waals surface area contributed by atoms with Gasteiger partial charge in [0.2, 0.25) is 0 Å². The number of hydrogen-bond acceptors (Lipinski definition) is 1. The molecule has 4 fully saturated rings. The van der Waals surface area contributed by atoms with Crippen molar-refractivity contribution in [1.29, 1.82) is 0 Å². The van der Waals surface area contributed by atoms with Crippen molar-refractivity contribution in [2.45, 2.75) is 45.3 Å². The van der Waals surface area contributed by atoms with Crippen molar-refractivity contribution >= 4 is 0 Å². The Balaban J connectivity index is 1.98. The van der Waals surface area contributed by atoms with Crippen molar-refractivity contribution in [2.75, 3.05) is 0 Å². The second-order valence-electron chi connectivity index (χ2n) is 5.33. The summed E-state index contributed by atoms with van der Waals surface area (Å²) in [5, 5.41) is 0. The molecule has 3 aliphatic carbocycles. The van der Waals surface area contributed by atoms with Crippen LogP contribution < -0.4 is 0 Å². The first-order valence-corrected chi connectivity index (χ1v) is 4.73. The van der Waals surface area contributed by atoms with E-state index in [1.54, 1.807) is 0 Å². The maximum Gasteiger partial charge on any atom is 0.0953 e. The minimum absolute atomic E-state index is 0.304. The van der Waals surface area contributed by atoms with E-state index in [2.05, 4.69) is 20.8 Å². The summed E-state index contributed by atoms with van der Waals surface area (Å²) in [6.07, 6.45) is 3.40. The number of hydrogen-bond donors (Lipinski definition) is 0. The molecule has 0 aromatic carbocycles. The van der Waals surface area contributed by atoms with Crippen LogP contribution in [0.2, 0.25) is 0 Å². The van der Waals surface area contributed by atoms with Gasteiger partial charge < -0.3 is 4.74 Å². The van der Waals surface area contributed by atoms with Gasteiger partial charge in [0.25, 0.3) is 0 Å². The van der Waals surface area contributed by atoms with Gasteiger partial charge in [-0.25, -0.2) is 0 Å². The SMILES string of the molecule is CC1(C)[C@H]2C[C@H]1C1(C)O[C@@H]1C2. The Morgan fingerprint density at radius 1 is 1.18 bits per heavy atom. The van der Waals surface area contributed by atoms with Crippen LogP contribution in [0.1, 0.15) is 33.6 Å². The smallest absolute Gasteiger partial charge is 0.0953 e. The van der Waals surface area contributed by atoms with E-state index in [9.17, 15) is 0 Å². The van der Waals surface area contributed by atoms with E-state index < -0.39 is 0 Å². The maximum absolute atomic E-state index is 5.75. The summed E-state index contributed by atoms with van der Waals surface area (Å²) in [4.78, 5) is 0. The van der Waals surface area contributed by atoms with Crippen LogP contribution in [-0.4, -0.2) is 11.7 Å². The highest BCUT2D eigenvalue weighted by molar-refractivity contribution is 5.20. The summed E-state index contributed by atoms with van der Waals surface area (Å²) in [7, 11) is 0. The Morgan fingerprint density at radius 2 is 1.91 bits per heavy atom. The second-order valence-corrected chi connectivity index (χ2v) is 5.33. The lowest BCUT2D eigenvalue weighted by molar-refractivity contribution is -0.0789. The molecule has 0 N–H and O–H groups in total. The number of rotatable bonds is 0. The number of epoxide rings is 1. The lowest BCUT2D eigenvalue weighted by Gasteiger charge is -2.57. The molecular formula is C10H16O. The first-order valence-electron chi connectivity index (χ1n) is 4.73. The molecule has 2 bridgehead atoms. The van der Waals surface area contributed by atoms with E-state index in [4.69, 9.17) is 4.74 Å². The van der Waals surface area contributed by atoms with Gasteiger partial charge in [0.15, 0.2) is 0 Å². The molecule has 62 valence electrons. The summed E-state index contributed by atoms with van der Waals surface area (Å²) >= 11 is 0. The molecular weight excluding hydrogens is 136 g/mol. The summed E-state index contributed by atoms with van der Waals surface area (Å²) in [6, 6.07) is 0. The summed E-state index contributed by atoms with van der Waals surface area (Å²) in [5.41, 5.74) is 0.889. The van der Waals surface area contributed by atoms with Gasteiger partial charge >= 0.3 is 0 Å². The Kier molecular flexibility index (Phi) is 0.820. The third-order valence-electron chi connectivity index (χ3n) is 4.64. The van der Waals surface area contributed by atoms with Crippen molar-refractivity contribution in [3.63, 3.8) is 0 Å². The molecule has 0 amide bonds. The van der Waals surface area contributed by atoms with Gasteiger partial charge in [-0.15, -0.1) is 0 Å². The largest absolute Gasteiger partial charge is 0.366 e. The summed E-state index contributed by atoms with van der Waals surface area (Å²) < 4.78 is 5.75. The fraction of sp³-hybridized carbons (Fsp3) is 1.00. The van der Waals surface area contributed by atoms with E-state index in [1.165, 1.54) is 12.8 Å². The lowest BCUT2D eigenvalue weighted by Crippen LogP contribution is -2.56. The van der Waals surface area contributed by atoms with Gasteiger partial charge in [-0.3, -0.25) is 0 Å². The maximum atomic E-state index is 5.75. The van der Waals surface area contributed by atoms with Crippen LogP contribution in [0, 0.1) is 17.3 Å². The first-order chi connectivity index (χ1) is 5.05. The average molecular weight is 152 g/mol. The van der Waals surface area contributed by atoms with Crippen molar-refractivity contribution in [3.8, 4) is 0 Å². The average Bonchev–Trinajstić information content (AvgIpc) is 2.58. The van der Waals surface area contributed by atoms with Crippen molar-refractivity contribution in [3.05, 3.63) is 0 Å². The van der Waals surface area contributed by atoms with Crippen molar-refractivity contribution in [2.24, 2.45) is 17.3 Å². The van der Waals surface area contributed by atoms with E-state index in [0.29, 0.717) is 17.1 Å². The molecule has 3 saturated carbocycles. The fourth-order valence-electron chi connectivity index (χ4n) is 3.51. The van der Waals surface area contributed by atoms with Crippen LogP contribution in [0.15, 0.2) is 0 Å². The molecule has 11 heavy (non-hydrogen) atoms.